The molecule has 3 aromatic rings. The molecule has 0 spiro atoms. The fraction of sp³-hybridized carbons (Fsp3) is 0.350. The zero-order valence-electron chi connectivity index (χ0n) is 16.8. The number of carbonyl (C=O) groups excluding carboxylic acids is 1. The van der Waals surface area contributed by atoms with Gasteiger partial charge in [0.25, 0.3) is 5.92 Å². The average Bonchev–Trinajstić information content (AvgIpc) is 3.21. The van der Waals surface area contributed by atoms with Crippen LogP contribution in [0.25, 0.3) is 22.4 Å². The predicted octanol–water partition coefficient (Wildman–Crippen LogP) is 3.85. The number of amides is 1. The first-order valence-corrected chi connectivity index (χ1v) is 9.94. The van der Waals surface area contributed by atoms with Crippen LogP contribution in [0.1, 0.15) is 25.3 Å². The van der Waals surface area contributed by atoms with Crippen molar-refractivity contribution in [1.82, 2.24) is 19.7 Å². The Bertz CT molecular complexity index is 1290. The van der Waals surface area contributed by atoms with Gasteiger partial charge in [-0.25, -0.2) is 23.1 Å². The number of fused-ring (bicyclic) bond motifs is 2. The van der Waals surface area contributed by atoms with E-state index in [4.69, 9.17) is 22.6 Å². The molecular weight excluding hydrogens is 447 g/mol. The normalized spacial score (nSPS) is 17.9. The number of benzene rings is 1. The number of rotatable bonds is 6. The van der Waals surface area contributed by atoms with Crippen LogP contribution in [-0.2, 0) is 16.8 Å². The van der Waals surface area contributed by atoms with Crippen molar-refractivity contribution in [3.05, 3.63) is 28.8 Å². The highest BCUT2D eigenvalue weighted by Crippen LogP contribution is 2.43. The van der Waals surface area contributed by atoms with Crippen molar-refractivity contribution in [2.24, 2.45) is 0 Å². The van der Waals surface area contributed by atoms with Gasteiger partial charge in [-0.15, -0.1) is 0 Å². The highest BCUT2D eigenvalue weighted by atomic mass is 35.5. The molecule has 166 valence electrons. The molecule has 2 aromatic heterocycles. The molecule has 0 bridgehead atoms. The molecule has 1 amide bonds. The van der Waals surface area contributed by atoms with Crippen LogP contribution in [0, 0.1) is 11.3 Å². The Kier molecular flexibility index (Phi) is 5.21. The van der Waals surface area contributed by atoms with Gasteiger partial charge in [0.15, 0.2) is 12.5 Å². The number of nitrogens with zero attached hydrogens (tertiary/aromatic N) is 5. The van der Waals surface area contributed by atoms with Crippen molar-refractivity contribution in [3.8, 4) is 17.6 Å². The lowest BCUT2D eigenvalue weighted by Gasteiger charge is -2.18. The highest BCUT2D eigenvalue weighted by Gasteiger charge is 2.46. The maximum Gasteiger partial charge on any atom is 0.277 e. The van der Waals surface area contributed by atoms with Crippen LogP contribution in [0.15, 0.2) is 18.2 Å². The molecule has 0 saturated carbocycles. The number of aryl methyl sites for hydroxylation is 1. The Balaban J connectivity index is 1.83. The number of nitrogen functional groups attached to an aromatic ring is 1. The largest absolute Gasteiger partial charge is 0.383 e. The molecule has 3 N–H and O–H groups in total. The minimum atomic E-state index is -3.49. The molecule has 12 heteroatoms. The Morgan fingerprint density at radius 3 is 2.81 bits per heavy atom. The Morgan fingerprint density at radius 1 is 1.38 bits per heavy atom. The molecule has 0 aliphatic carbocycles. The topological polar surface area (TPSA) is 123 Å². The summed E-state index contributed by atoms with van der Waals surface area (Å²) in [5, 5.41) is 17.0. The van der Waals surface area contributed by atoms with Crippen LogP contribution in [0.4, 0.5) is 24.8 Å². The second kappa shape index (κ2) is 7.63. The molecule has 0 fully saturated rings. The number of aromatic nitrogens is 4. The molecule has 4 rings (SSSR count). The zero-order chi connectivity index (χ0) is 23.3. The fourth-order valence-corrected chi connectivity index (χ4v) is 3.89. The molecule has 1 unspecified atom stereocenters. The summed E-state index contributed by atoms with van der Waals surface area (Å²) >= 11 is 6.07. The number of anilines is 2. The number of carbonyl (C=O) groups is 1. The molecule has 1 atom stereocenters. The van der Waals surface area contributed by atoms with Crippen LogP contribution in [0.3, 0.4) is 0 Å². The quantitative estimate of drug-likeness (QED) is 0.572. The van der Waals surface area contributed by atoms with Gasteiger partial charge in [-0.3, -0.25) is 9.48 Å². The number of nitrogens with two attached hydrogens (primary N) is 1. The number of hydrogen-bond acceptors (Lipinski definition) is 6. The third-order valence-electron chi connectivity index (χ3n) is 5.46. The molecule has 1 aliphatic rings. The number of halogens is 4. The second-order valence-corrected chi connectivity index (χ2v) is 8.19. The summed E-state index contributed by atoms with van der Waals surface area (Å²) in [5.74, 6) is -3.69. The Labute approximate surface area is 185 Å². The van der Waals surface area contributed by atoms with Crippen molar-refractivity contribution in [1.29, 1.82) is 5.26 Å². The third kappa shape index (κ3) is 3.50. The maximum absolute atomic E-state index is 13.5. The summed E-state index contributed by atoms with van der Waals surface area (Å²) in [6.07, 6.45) is -0.875. The molecule has 1 aromatic carbocycles. The van der Waals surface area contributed by atoms with Crippen molar-refractivity contribution in [2.45, 2.75) is 37.6 Å². The van der Waals surface area contributed by atoms with Crippen LogP contribution < -0.4 is 11.1 Å². The first-order valence-electron chi connectivity index (χ1n) is 9.56. The van der Waals surface area contributed by atoms with E-state index in [-0.39, 0.29) is 36.1 Å². The van der Waals surface area contributed by atoms with Gasteiger partial charge in [0.1, 0.15) is 17.3 Å². The zero-order valence-corrected chi connectivity index (χ0v) is 17.5. The standard InChI is InChI=1S/C20H17ClF3N7O/c1-19(4-6-25)13-15(26)27-17(28-16(13)29-18(19)32)14-11-3-2-10(21)8-12(11)31(30-14)7-5-20(23,24)9-22/h2-3,8H,4-5,7,9H2,1H3,(H3,26,27,28,29,32). The van der Waals surface area contributed by atoms with E-state index >= 15 is 0 Å². The number of nitriles is 1. The van der Waals surface area contributed by atoms with E-state index in [2.05, 4.69) is 20.4 Å². The summed E-state index contributed by atoms with van der Waals surface area (Å²) in [5.41, 5.74) is 5.93. The maximum atomic E-state index is 13.5. The van der Waals surface area contributed by atoms with E-state index in [1.165, 1.54) is 4.68 Å². The van der Waals surface area contributed by atoms with Crippen molar-refractivity contribution in [2.75, 3.05) is 17.7 Å². The summed E-state index contributed by atoms with van der Waals surface area (Å²) in [4.78, 5) is 21.1. The van der Waals surface area contributed by atoms with Crippen LogP contribution in [0.5, 0.6) is 0 Å². The van der Waals surface area contributed by atoms with E-state index in [0.29, 0.717) is 21.5 Å². The minimum absolute atomic E-state index is 0.00160. The monoisotopic (exact) mass is 463 g/mol. The number of alkyl halides is 3. The molecule has 3 heterocycles. The second-order valence-electron chi connectivity index (χ2n) is 7.75. The van der Waals surface area contributed by atoms with E-state index in [0.717, 1.165) is 0 Å². The van der Waals surface area contributed by atoms with Gasteiger partial charge in [-0.05, 0) is 25.1 Å². The van der Waals surface area contributed by atoms with Gasteiger partial charge in [-0.2, -0.15) is 10.4 Å². The molecule has 0 radical (unpaired) electrons. The van der Waals surface area contributed by atoms with Crippen molar-refractivity contribution < 1.29 is 18.0 Å². The van der Waals surface area contributed by atoms with Crippen LogP contribution >= 0.6 is 11.6 Å². The van der Waals surface area contributed by atoms with Crippen molar-refractivity contribution in [3.63, 3.8) is 0 Å². The lowest BCUT2D eigenvalue weighted by Crippen LogP contribution is -2.31. The summed E-state index contributed by atoms with van der Waals surface area (Å²) < 4.78 is 40.8. The Morgan fingerprint density at radius 2 is 2.12 bits per heavy atom. The van der Waals surface area contributed by atoms with Crippen LogP contribution in [-0.4, -0.2) is 38.3 Å². The average molecular weight is 464 g/mol. The van der Waals surface area contributed by atoms with Gasteiger partial charge in [-0.1, -0.05) is 11.6 Å². The van der Waals surface area contributed by atoms with Gasteiger partial charge < -0.3 is 11.1 Å². The Hall–Kier alpha value is -3.39. The van der Waals surface area contributed by atoms with E-state index in [1.54, 1.807) is 25.1 Å². The smallest absolute Gasteiger partial charge is 0.277 e. The van der Waals surface area contributed by atoms with Gasteiger partial charge >= 0.3 is 0 Å². The lowest BCUT2D eigenvalue weighted by molar-refractivity contribution is -0.120. The number of hydrogen-bond donors (Lipinski definition) is 2. The van der Waals surface area contributed by atoms with E-state index in [1.807, 2.05) is 6.07 Å². The first kappa shape index (κ1) is 21.8. The fourth-order valence-electron chi connectivity index (χ4n) is 3.72. The number of nitrogens with one attached hydrogen (secondary N) is 1. The van der Waals surface area contributed by atoms with Gasteiger partial charge in [0.2, 0.25) is 5.91 Å². The molecule has 32 heavy (non-hydrogen) atoms. The highest BCUT2D eigenvalue weighted by molar-refractivity contribution is 6.31. The molecule has 8 nitrogen and oxygen atoms in total. The predicted molar refractivity (Wildman–Crippen MR) is 112 cm³/mol. The van der Waals surface area contributed by atoms with Crippen LogP contribution in [0.2, 0.25) is 5.02 Å². The molecule has 0 saturated heterocycles. The van der Waals surface area contributed by atoms with Gasteiger partial charge in [0.05, 0.1) is 29.0 Å². The van der Waals surface area contributed by atoms with Gasteiger partial charge in [0, 0.05) is 23.4 Å². The SMILES string of the molecule is CC1(CC#N)C(=O)Nc2nc(-c3nn(CCC(F)(F)CF)c4cc(Cl)ccc34)nc(N)c21. The summed E-state index contributed by atoms with van der Waals surface area (Å²) in [6, 6.07) is 6.74. The first-order chi connectivity index (χ1) is 15.1. The van der Waals surface area contributed by atoms with E-state index < -0.39 is 30.3 Å². The van der Waals surface area contributed by atoms with E-state index in [9.17, 15) is 18.0 Å². The third-order valence-corrected chi connectivity index (χ3v) is 5.70. The molecular formula is C20H17ClF3N7O. The summed E-state index contributed by atoms with van der Waals surface area (Å²) in [7, 11) is 0. The molecule has 1 aliphatic heterocycles. The summed E-state index contributed by atoms with van der Waals surface area (Å²) in [6.45, 7) is -0.468. The van der Waals surface area contributed by atoms with Crippen molar-refractivity contribution >= 4 is 40.0 Å². The lowest BCUT2D eigenvalue weighted by atomic mass is 9.82. The minimum Gasteiger partial charge on any atom is -0.383 e.